The van der Waals surface area contributed by atoms with E-state index in [1.54, 1.807) is 25.9 Å². The zero-order valence-electron chi connectivity index (χ0n) is 45.3. The van der Waals surface area contributed by atoms with Crippen LogP contribution in [0.5, 0.6) is 0 Å². The highest BCUT2D eigenvalue weighted by atomic mass is 19.1. The Morgan fingerprint density at radius 3 is 2.45 bits per heavy atom. The maximum Gasteiger partial charge on any atom is 0.262 e. The number of nitrogen functional groups attached to an aromatic ring is 1. The molecule has 2 bridgehead atoms. The summed E-state index contributed by atoms with van der Waals surface area (Å²) in [5.41, 5.74) is 8.97. The van der Waals surface area contributed by atoms with E-state index in [1.165, 1.54) is 34.0 Å². The maximum atomic E-state index is 14.7. The number of likely N-dealkylation sites (N-methyl/N-ethyl adjacent to an activating group) is 1. The number of halogens is 1. The second-order valence-electron chi connectivity index (χ2n) is 21.5. The lowest BCUT2D eigenvalue weighted by molar-refractivity contribution is -0.144. The molecule has 19 nitrogen and oxygen atoms in total. The fourth-order valence-corrected chi connectivity index (χ4v) is 10.6. The molecule has 408 valence electrons. The Kier molecular flexibility index (Phi) is 19.2. The van der Waals surface area contributed by atoms with Crippen molar-refractivity contribution in [3.8, 4) is 11.3 Å². The van der Waals surface area contributed by atoms with Crippen molar-refractivity contribution in [2.75, 3.05) is 50.9 Å². The van der Waals surface area contributed by atoms with Gasteiger partial charge < -0.3 is 51.9 Å². The van der Waals surface area contributed by atoms with Crippen LogP contribution in [0.2, 0.25) is 0 Å². The predicted molar refractivity (Wildman–Crippen MR) is 290 cm³/mol. The summed E-state index contributed by atoms with van der Waals surface area (Å²) >= 11 is 0. The molecule has 20 heteroatoms. The van der Waals surface area contributed by atoms with Crippen LogP contribution < -0.4 is 37.2 Å². The first-order chi connectivity index (χ1) is 36.4. The van der Waals surface area contributed by atoms with Gasteiger partial charge in [-0.25, -0.2) is 14.4 Å². The van der Waals surface area contributed by atoms with Gasteiger partial charge in [0.15, 0.2) is 11.6 Å². The van der Waals surface area contributed by atoms with Gasteiger partial charge in [-0.2, -0.15) is 4.68 Å². The van der Waals surface area contributed by atoms with Gasteiger partial charge in [-0.1, -0.05) is 90.3 Å². The number of fused-ring (bicyclic) bond motifs is 8. The molecule has 76 heavy (non-hydrogen) atoms. The number of nitrogens with two attached hydrogens (primary N) is 1. The van der Waals surface area contributed by atoms with Gasteiger partial charge in [0.1, 0.15) is 30.1 Å². The number of benzene rings is 2. The van der Waals surface area contributed by atoms with Gasteiger partial charge in [-0.05, 0) is 93.8 Å². The number of likely N-dealkylation sites (tertiary alicyclic amines) is 1. The molecule has 3 aliphatic heterocycles. The number of rotatable bonds is 21. The zero-order chi connectivity index (χ0) is 54.7. The van der Waals surface area contributed by atoms with Gasteiger partial charge in [0.05, 0.1) is 48.7 Å². The quantitative estimate of drug-likeness (QED) is 0.0396. The van der Waals surface area contributed by atoms with Gasteiger partial charge in [0, 0.05) is 38.2 Å². The lowest BCUT2D eigenvalue weighted by Gasteiger charge is -2.36. The summed E-state index contributed by atoms with van der Waals surface area (Å²) in [7, 11) is 3.34. The Balaban J connectivity index is 0.882. The number of nitrogens with one attached hydrogen (secondary N) is 5. The Hall–Kier alpha value is -6.98. The molecule has 2 fully saturated rings. The average molecular weight is 1050 g/mol. The first-order valence-electron chi connectivity index (χ1n) is 27.0. The molecule has 0 aliphatic carbocycles. The zero-order valence-corrected chi connectivity index (χ0v) is 45.3. The van der Waals surface area contributed by atoms with E-state index < -0.39 is 29.4 Å². The van der Waals surface area contributed by atoms with Crippen molar-refractivity contribution in [3.05, 3.63) is 94.3 Å². The molecule has 0 radical (unpaired) electrons. The Labute approximate surface area is 446 Å². The van der Waals surface area contributed by atoms with Crippen LogP contribution in [-0.2, 0) is 32.3 Å². The number of anilines is 2. The number of carbonyl (C=O) groups is 5. The number of hydrogen-bond acceptors (Lipinski definition) is 12. The van der Waals surface area contributed by atoms with E-state index in [0.29, 0.717) is 72.7 Å². The van der Waals surface area contributed by atoms with Crippen molar-refractivity contribution in [2.45, 2.75) is 155 Å². The van der Waals surface area contributed by atoms with Crippen molar-refractivity contribution in [2.24, 2.45) is 5.41 Å². The van der Waals surface area contributed by atoms with Crippen molar-refractivity contribution in [1.82, 2.24) is 56.1 Å². The van der Waals surface area contributed by atoms with Gasteiger partial charge >= 0.3 is 0 Å². The van der Waals surface area contributed by atoms with Crippen LogP contribution in [0.15, 0.2) is 54.7 Å². The third kappa shape index (κ3) is 13.5. The molecule has 7 rings (SSSR count). The maximum absolute atomic E-state index is 14.7. The minimum atomic E-state index is -0.836. The lowest BCUT2D eigenvalue weighted by Crippen LogP contribution is -2.59. The van der Waals surface area contributed by atoms with Crippen molar-refractivity contribution < 1.29 is 28.4 Å². The van der Waals surface area contributed by atoms with Crippen LogP contribution in [0.4, 0.5) is 21.8 Å². The summed E-state index contributed by atoms with van der Waals surface area (Å²) in [6, 6.07) is 11.3. The second-order valence-corrected chi connectivity index (χ2v) is 21.5. The van der Waals surface area contributed by atoms with Gasteiger partial charge in [0.25, 0.3) is 11.7 Å². The topological polar surface area (TPSA) is 229 Å². The smallest absolute Gasteiger partial charge is 0.262 e. The average Bonchev–Trinajstić information content (AvgIpc) is 4.16. The molecule has 5 heterocycles. The SMILES string of the molecule is [C-]#[N+]c1c2c(nn1CCNC(=O)CCCCCCCCN[C@@H]1C[C@H](C(=O)N[C@@H](CC)c3ccccc3)N(C(=O)C(NC(=O)[C@@H](C)NC)C(C)(C)C)C1)CN(C)C(=O)c1ccc(F)cc1[C@H]1CCCN1c1nc-2cnc1N. The predicted octanol–water partition coefficient (Wildman–Crippen LogP) is 6.35. The van der Waals surface area contributed by atoms with E-state index in [1.807, 2.05) is 62.9 Å². The van der Waals surface area contributed by atoms with Crippen molar-refractivity contribution in [1.29, 1.82) is 0 Å². The largest absolute Gasteiger partial charge is 0.381 e. The molecule has 1 unspecified atom stereocenters. The summed E-state index contributed by atoms with van der Waals surface area (Å²) < 4.78 is 16.3. The summed E-state index contributed by atoms with van der Waals surface area (Å²) in [4.78, 5) is 87.0. The summed E-state index contributed by atoms with van der Waals surface area (Å²) in [5.74, 6) is -0.839. The van der Waals surface area contributed by atoms with Crippen LogP contribution in [-0.4, -0.2) is 124 Å². The Morgan fingerprint density at radius 2 is 1.74 bits per heavy atom. The first-order valence-corrected chi connectivity index (χ1v) is 27.0. The molecule has 2 aromatic carbocycles. The third-order valence-corrected chi connectivity index (χ3v) is 15.0. The number of amides is 5. The van der Waals surface area contributed by atoms with E-state index in [0.717, 1.165) is 57.1 Å². The molecule has 3 aliphatic rings. The summed E-state index contributed by atoms with van der Waals surface area (Å²) in [5, 5.41) is 20.5. The Morgan fingerprint density at radius 1 is 1.00 bits per heavy atom. The fraction of sp³-hybridized carbons (Fsp3) is 0.554. The molecular weight excluding hydrogens is 968 g/mol. The highest BCUT2D eigenvalue weighted by Gasteiger charge is 2.45. The number of aromatic nitrogens is 4. The molecule has 0 spiro atoms. The second kappa shape index (κ2) is 25.7. The lowest BCUT2D eigenvalue weighted by atomic mass is 9.85. The number of carbonyl (C=O) groups excluding carboxylic acids is 5. The normalized spacial score (nSPS) is 18.5. The van der Waals surface area contributed by atoms with Crippen LogP contribution in [0.3, 0.4) is 0 Å². The summed E-state index contributed by atoms with van der Waals surface area (Å²) in [6.45, 7) is 19.8. The Bertz CT molecular complexity index is 2740. The van der Waals surface area contributed by atoms with E-state index in [9.17, 15) is 28.4 Å². The highest BCUT2D eigenvalue weighted by Crippen LogP contribution is 2.42. The molecule has 6 atom stereocenters. The molecular formula is C56H77FN14O5. The van der Waals surface area contributed by atoms with Crippen LogP contribution >= 0.6 is 0 Å². The summed E-state index contributed by atoms with van der Waals surface area (Å²) in [6.07, 6.45) is 9.90. The van der Waals surface area contributed by atoms with E-state index in [2.05, 4.69) is 36.4 Å². The number of hydrogen-bond donors (Lipinski definition) is 6. The fourth-order valence-electron chi connectivity index (χ4n) is 10.6. The number of nitrogens with zero attached hydrogens (tertiary/aromatic N) is 8. The minimum absolute atomic E-state index is 0.0367. The molecule has 2 saturated heterocycles. The molecule has 0 saturated carbocycles. The van der Waals surface area contributed by atoms with E-state index in [4.69, 9.17) is 22.4 Å². The van der Waals surface area contributed by atoms with Crippen molar-refractivity contribution >= 4 is 47.0 Å². The molecule has 2 aromatic heterocycles. The molecule has 4 aromatic rings. The van der Waals surface area contributed by atoms with Crippen LogP contribution in [0.25, 0.3) is 16.1 Å². The van der Waals surface area contributed by atoms with Crippen LogP contribution in [0, 0.1) is 17.8 Å². The van der Waals surface area contributed by atoms with Gasteiger partial charge in [-0.15, -0.1) is 5.10 Å². The van der Waals surface area contributed by atoms with Gasteiger partial charge in [-0.3, -0.25) is 24.0 Å². The van der Waals surface area contributed by atoms with E-state index in [-0.39, 0.29) is 78.9 Å². The van der Waals surface area contributed by atoms with Crippen LogP contribution in [0.1, 0.15) is 145 Å². The minimum Gasteiger partial charge on any atom is -0.381 e. The first kappa shape index (κ1) is 56.7. The third-order valence-electron chi connectivity index (χ3n) is 15.0. The van der Waals surface area contributed by atoms with Gasteiger partial charge in [0.2, 0.25) is 23.6 Å². The van der Waals surface area contributed by atoms with E-state index >= 15 is 0 Å². The monoisotopic (exact) mass is 1040 g/mol. The molecule has 7 N–H and O–H groups in total. The number of unbranched alkanes of at least 4 members (excludes halogenated alkanes) is 5. The highest BCUT2D eigenvalue weighted by molar-refractivity contribution is 5.96. The van der Waals surface area contributed by atoms with Crippen molar-refractivity contribution in [3.63, 3.8) is 0 Å². The molecule has 5 amide bonds. The standard InChI is InChI=1S/C56H77FN14O5/c1-9-41(36-20-15-14-16-21-36)65-53(74)45-31-38(33-70(45)55(76)48(56(3,4)5)66-52(73)35(2)59-6)61-26-18-13-11-10-12-17-23-46(72)62-27-29-71-50(60-7)47-42-32-63-49(58)51(64-42)69-28-19-22-44(69)40-30-37(57)24-25-39(40)54(75)68(8)34-43(47)67-71/h14-16,20-21,24-25,30,32,35,38,41,44-45,48,59,61H,9-13,17-19,22-23,26-29,31,33-34H2,1-6,8H3,(H2,58,63)(H,62,72)(H,65,74)(H,66,73)/t35-,38-,41+,44-,45-,48?/m1/s1.